The van der Waals surface area contributed by atoms with Gasteiger partial charge in [0.15, 0.2) is 4.98 Å². The van der Waals surface area contributed by atoms with Crippen molar-refractivity contribution in [3.63, 3.8) is 0 Å². The maximum Gasteiger partial charge on any atom is 0.431 e. The summed E-state index contributed by atoms with van der Waals surface area (Å²) in [7, 11) is 0. The number of ether oxygens (including phenoxy) is 2. The van der Waals surface area contributed by atoms with Gasteiger partial charge in [0.25, 0.3) is 0 Å². The molecule has 1 aromatic rings. The van der Waals surface area contributed by atoms with Crippen molar-refractivity contribution in [3.05, 3.63) is 16.6 Å². The molecule has 1 aromatic carbocycles. The molecule has 0 aromatic heterocycles. The number of hydrogen-bond acceptors (Lipinski definition) is 4. The zero-order valence-electron chi connectivity index (χ0n) is 10.4. The Balaban J connectivity index is 3.38. The molecule has 1 rings (SSSR count). The van der Waals surface area contributed by atoms with E-state index in [9.17, 15) is 0 Å². The van der Waals surface area contributed by atoms with Gasteiger partial charge in [-0.25, -0.2) is 0 Å². The van der Waals surface area contributed by atoms with Gasteiger partial charge in [0.2, 0.25) is 11.1 Å². The molecule has 92 valence electrons. The predicted molar refractivity (Wildman–Crippen MR) is 70.2 cm³/mol. The summed E-state index contributed by atoms with van der Waals surface area (Å²) in [4.78, 5) is 3.89. The van der Waals surface area contributed by atoms with Gasteiger partial charge in [0.05, 0.1) is 24.2 Å². The molecule has 5 heteroatoms. The maximum atomic E-state index is 8.98. The summed E-state index contributed by atoms with van der Waals surface area (Å²) in [5.74, 6) is 1.19. The molecule has 0 fully saturated rings. The molecule has 0 aliphatic rings. The van der Waals surface area contributed by atoms with E-state index in [1.165, 1.54) is 0 Å². The lowest BCUT2D eigenvalue weighted by Crippen LogP contribution is -2.00. The van der Waals surface area contributed by atoms with Crippen LogP contribution in [0.5, 0.6) is 11.5 Å². The van der Waals surface area contributed by atoms with Crippen molar-refractivity contribution >= 4 is 18.3 Å². The Labute approximate surface area is 107 Å². The normalized spacial score (nSPS) is 9.82. The van der Waals surface area contributed by atoms with Gasteiger partial charge in [-0.1, -0.05) is 6.92 Å². The number of thiol groups is 1. The summed E-state index contributed by atoms with van der Waals surface area (Å²) in [5, 5.41) is 8.98. The van der Waals surface area contributed by atoms with Crippen LogP contribution in [0.4, 0.5) is 5.69 Å². The molecular formula is C12H17N2O2S+. The lowest BCUT2D eigenvalue weighted by Gasteiger charge is -2.12. The van der Waals surface area contributed by atoms with Crippen LogP contribution in [0.1, 0.15) is 26.3 Å². The lowest BCUT2D eigenvalue weighted by atomic mass is 10.1. The second-order valence-corrected chi connectivity index (χ2v) is 3.82. The molecule has 4 nitrogen and oxygen atoms in total. The highest BCUT2D eigenvalue weighted by atomic mass is 32.1. The molecule has 0 saturated carbocycles. The van der Waals surface area contributed by atoms with E-state index >= 15 is 0 Å². The summed E-state index contributed by atoms with van der Waals surface area (Å²) in [5.41, 5.74) is 1.31. The molecule has 0 aliphatic carbocycles. The summed E-state index contributed by atoms with van der Waals surface area (Å²) >= 11 is 4.44. The average molecular weight is 253 g/mol. The van der Waals surface area contributed by atoms with Gasteiger partial charge in [-0.05, 0) is 20.3 Å². The smallest absolute Gasteiger partial charge is 0.431 e. The largest absolute Gasteiger partial charge is 0.493 e. The van der Waals surface area contributed by atoms with Crippen LogP contribution in [0, 0.1) is 5.39 Å². The average Bonchev–Trinajstić information content (AvgIpc) is 2.33. The van der Waals surface area contributed by atoms with E-state index in [1.807, 2.05) is 20.8 Å². The number of hydrogen-bond donors (Lipinski definition) is 1. The Morgan fingerprint density at radius 2 is 1.88 bits per heavy atom. The standard InChI is InChI=1S/C12H16N2O2S/c1-4-8-10(15-5-2)7-9(14-13)11(12(8)17)16-6-3/h7H,4-6H2,1-3H3/p+1. The van der Waals surface area contributed by atoms with Crippen molar-refractivity contribution < 1.29 is 9.47 Å². The SMILES string of the molecule is CCOc1cc([N+]#N)c(OCC)c(S)c1CC. The third kappa shape index (κ3) is 2.83. The van der Waals surface area contributed by atoms with Crippen LogP contribution in [0.25, 0.3) is 4.98 Å². The van der Waals surface area contributed by atoms with Crippen LogP contribution in [0.2, 0.25) is 0 Å². The van der Waals surface area contributed by atoms with Gasteiger partial charge in [-0.15, -0.1) is 12.6 Å². The summed E-state index contributed by atoms with van der Waals surface area (Å²) < 4.78 is 11.0. The van der Waals surface area contributed by atoms with E-state index in [0.717, 1.165) is 12.0 Å². The highest BCUT2D eigenvalue weighted by Gasteiger charge is 2.24. The number of rotatable bonds is 5. The van der Waals surface area contributed by atoms with Crippen molar-refractivity contribution in [2.45, 2.75) is 32.1 Å². The number of diazo groups is 1. The van der Waals surface area contributed by atoms with Gasteiger partial charge in [-0.2, -0.15) is 0 Å². The van der Waals surface area contributed by atoms with Gasteiger partial charge in [0.1, 0.15) is 5.75 Å². The highest BCUT2D eigenvalue weighted by Crippen LogP contribution is 2.42. The van der Waals surface area contributed by atoms with Gasteiger partial charge in [-0.3, -0.25) is 0 Å². The molecule has 0 spiro atoms. The fourth-order valence-corrected chi connectivity index (χ4v) is 2.09. The number of benzene rings is 1. The zero-order chi connectivity index (χ0) is 12.8. The van der Waals surface area contributed by atoms with E-state index in [4.69, 9.17) is 14.9 Å². The minimum atomic E-state index is 0.345. The molecule has 0 saturated heterocycles. The van der Waals surface area contributed by atoms with Gasteiger partial charge >= 0.3 is 5.69 Å². The molecule has 0 heterocycles. The molecule has 0 amide bonds. The maximum absolute atomic E-state index is 8.98. The Morgan fingerprint density at radius 1 is 1.24 bits per heavy atom. The van der Waals surface area contributed by atoms with E-state index < -0.39 is 0 Å². The predicted octanol–water partition coefficient (Wildman–Crippen LogP) is 3.82. The first kappa shape index (κ1) is 13.7. The lowest BCUT2D eigenvalue weighted by molar-refractivity contribution is 0.322. The fourth-order valence-electron chi connectivity index (χ4n) is 1.64. The first-order valence-corrected chi connectivity index (χ1v) is 6.13. The van der Waals surface area contributed by atoms with Crippen LogP contribution in [-0.2, 0) is 6.42 Å². The first-order valence-electron chi connectivity index (χ1n) is 5.69. The topological polar surface area (TPSA) is 46.6 Å². The molecular weight excluding hydrogens is 236 g/mol. The van der Waals surface area contributed by atoms with Crippen molar-refractivity contribution in [1.29, 1.82) is 5.39 Å². The summed E-state index contributed by atoms with van der Waals surface area (Å²) in [6, 6.07) is 1.67. The third-order valence-corrected chi connectivity index (χ3v) is 2.82. The van der Waals surface area contributed by atoms with Crippen LogP contribution in [-0.4, -0.2) is 13.2 Å². The monoisotopic (exact) mass is 253 g/mol. The fraction of sp³-hybridized carbons (Fsp3) is 0.500. The van der Waals surface area contributed by atoms with Crippen molar-refractivity contribution in [2.24, 2.45) is 0 Å². The van der Waals surface area contributed by atoms with Gasteiger partial charge < -0.3 is 9.47 Å². The quantitative estimate of drug-likeness (QED) is 0.641. The Kier molecular flexibility index (Phi) is 5.11. The number of nitrogens with zero attached hydrogens (tertiary/aromatic N) is 2. The van der Waals surface area contributed by atoms with Gasteiger partial charge in [0, 0.05) is 5.56 Å². The highest BCUT2D eigenvalue weighted by molar-refractivity contribution is 7.80. The molecule has 0 atom stereocenters. The van der Waals surface area contributed by atoms with E-state index in [0.29, 0.717) is 35.3 Å². The van der Waals surface area contributed by atoms with Crippen LogP contribution in [0.15, 0.2) is 11.0 Å². The van der Waals surface area contributed by atoms with Crippen LogP contribution in [0.3, 0.4) is 0 Å². The molecule has 0 unspecified atom stereocenters. The van der Waals surface area contributed by atoms with E-state index in [1.54, 1.807) is 6.07 Å². The molecule has 0 radical (unpaired) electrons. The second kappa shape index (κ2) is 6.36. The van der Waals surface area contributed by atoms with E-state index in [-0.39, 0.29) is 0 Å². The van der Waals surface area contributed by atoms with Crippen molar-refractivity contribution in [2.75, 3.05) is 13.2 Å². The molecule has 17 heavy (non-hydrogen) atoms. The minimum Gasteiger partial charge on any atom is -0.493 e. The molecule has 0 N–H and O–H groups in total. The van der Waals surface area contributed by atoms with Crippen molar-refractivity contribution in [1.82, 2.24) is 0 Å². The Bertz CT molecular complexity index is 441. The Morgan fingerprint density at radius 3 is 2.35 bits per heavy atom. The molecule has 0 aliphatic heterocycles. The van der Waals surface area contributed by atoms with Crippen LogP contribution < -0.4 is 9.47 Å². The van der Waals surface area contributed by atoms with E-state index in [2.05, 4.69) is 17.6 Å². The van der Waals surface area contributed by atoms with Crippen molar-refractivity contribution in [3.8, 4) is 11.5 Å². The minimum absolute atomic E-state index is 0.345. The summed E-state index contributed by atoms with van der Waals surface area (Å²) in [6.45, 7) is 6.84. The van der Waals surface area contributed by atoms with Crippen LogP contribution >= 0.6 is 12.6 Å². The molecule has 0 bridgehead atoms. The third-order valence-electron chi connectivity index (χ3n) is 2.35. The zero-order valence-corrected chi connectivity index (χ0v) is 11.3. The Hall–Kier alpha value is -1.41. The second-order valence-electron chi connectivity index (χ2n) is 3.37. The first-order chi connectivity index (χ1) is 8.19. The summed E-state index contributed by atoms with van der Waals surface area (Å²) in [6.07, 6.45) is 0.778.